The fourth-order valence-corrected chi connectivity index (χ4v) is 3.92. The third-order valence-corrected chi connectivity index (χ3v) is 5.51. The van der Waals surface area contributed by atoms with Gasteiger partial charge in [0.2, 0.25) is 6.79 Å². The van der Waals surface area contributed by atoms with E-state index in [-0.39, 0.29) is 28.7 Å². The second-order valence-corrected chi connectivity index (χ2v) is 7.67. The summed E-state index contributed by atoms with van der Waals surface area (Å²) in [6.45, 7) is 0.135. The quantitative estimate of drug-likeness (QED) is 0.550. The number of fused-ring (bicyclic) bond motifs is 1. The minimum Gasteiger partial charge on any atom is -0.465 e. The molecule has 0 bridgehead atoms. The van der Waals surface area contributed by atoms with E-state index in [2.05, 4.69) is 9.73 Å². The van der Waals surface area contributed by atoms with Crippen molar-refractivity contribution in [3.63, 3.8) is 0 Å². The first-order valence-corrected chi connectivity index (χ1v) is 10.00. The molecule has 3 aromatic rings. The van der Waals surface area contributed by atoms with Gasteiger partial charge in [0.25, 0.3) is 5.56 Å². The second kappa shape index (κ2) is 8.50. The number of hydrogen-bond acceptors (Lipinski definition) is 7. The van der Waals surface area contributed by atoms with Gasteiger partial charge in [-0.1, -0.05) is 23.5 Å². The van der Waals surface area contributed by atoms with Crippen LogP contribution in [0.5, 0.6) is 11.5 Å². The lowest BCUT2D eigenvalue weighted by atomic mass is 10.2. The van der Waals surface area contributed by atoms with Crippen molar-refractivity contribution in [3.05, 3.63) is 79.7 Å². The van der Waals surface area contributed by atoms with Gasteiger partial charge < -0.3 is 14.2 Å². The summed E-state index contributed by atoms with van der Waals surface area (Å²) in [6.07, 6.45) is -4.55. The molecule has 0 amide bonds. The van der Waals surface area contributed by atoms with Crippen LogP contribution in [-0.4, -0.2) is 24.4 Å². The molecule has 32 heavy (non-hydrogen) atoms. The monoisotopic (exact) mass is 464 g/mol. The molecule has 1 aromatic heterocycles. The van der Waals surface area contributed by atoms with Gasteiger partial charge in [0.1, 0.15) is 4.88 Å². The average molecular weight is 464 g/mol. The van der Waals surface area contributed by atoms with Crippen molar-refractivity contribution in [2.24, 2.45) is 4.99 Å². The molecule has 7 nitrogen and oxygen atoms in total. The molecule has 0 unspecified atom stereocenters. The van der Waals surface area contributed by atoms with Crippen molar-refractivity contribution in [2.75, 3.05) is 13.9 Å². The van der Waals surface area contributed by atoms with E-state index in [0.717, 1.165) is 36.6 Å². The average Bonchev–Trinajstić information content (AvgIpc) is 3.23. The number of hydrogen-bond donors (Lipinski definition) is 0. The van der Waals surface area contributed by atoms with Crippen LogP contribution in [-0.2, 0) is 17.5 Å². The van der Waals surface area contributed by atoms with E-state index in [1.54, 1.807) is 18.2 Å². The van der Waals surface area contributed by atoms with Gasteiger partial charge in [-0.25, -0.2) is 9.79 Å². The van der Waals surface area contributed by atoms with Crippen LogP contribution in [0.15, 0.2) is 58.3 Å². The maximum absolute atomic E-state index is 13.1. The lowest BCUT2D eigenvalue weighted by Gasteiger charge is -2.09. The Labute approximate surface area is 183 Å². The fourth-order valence-electron chi connectivity index (χ4n) is 2.98. The Hall–Kier alpha value is -3.60. The highest BCUT2D eigenvalue weighted by Gasteiger charge is 2.30. The van der Waals surface area contributed by atoms with E-state index in [9.17, 15) is 22.8 Å². The van der Waals surface area contributed by atoms with Crippen LogP contribution in [0.2, 0.25) is 0 Å². The third kappa shape index (κ3) is 4.52. The number of benzene rings is 2. The summed E-state index contributed by atoms with van der Waals surface area (Å²) >= 11 is 0.833. The number of halogens is 3. The number of methoxy groups -OCH3 is 1. The maximum Gasteiger partial charge on any atom is 0.416 e. The first-order valence-electron chi connectivity index (χ1n) is 9.18. The molecule has 0 spiro atoms. The zero-order chi connectivity index (χ0) is 22.9. The summed E-state index contributed by atoms with van der Waals surface area (Å²) in [5.41, 5.74) is -0.781. The number of ether oxygens (including phenoxy) is 3. The normalized spacial score (nSPS) is 13.3. The van der Waals surface area contributed by atoms with Gasteiger partial charge in [0, 0.05) is 6.07 Å². The number of esters is 1. The first kappa shape index (κ1) is 21.6. The number of carbonyl (C=O) groups is 1. The standard InChI is InChI=1S/C21H15F3N2O5S/c1-29-19(28)17-9-18(27)26(10-12-5-6-15-16(7-12)31-11-30-15)20(32-17)25-14-4-2-3-13(8-14)21(22,23)24/h2-9H,10-11H2,1H3. The van der Waals surface area contributed by atoms with Crippen molar-refractivity contribution in [2.45, 2.75) is 12.7 Å². The largest absolute Gasteiger partial charge is 0.465 e. The second-order valence-electron chi connectivity index (χ2n) is 6.66. The molecule has 0 saturated heterocycles. The Morgan fingerprint density at radius 1 is 1.16 bits per heavy atom. The zero-order valence-corrected chi connectivity index (χ0v) is 17.3. The smallest absolute Gasteiger partial charge is 0.416 e. The number of carbonyl (C=O) groups excluding carboxylic acids is 1. The predicted octanol–water partition coefficient (Wildman–Crippen LogP) is 3.72. The molecule has 1 aliphatic heterocycles. The van der Waals surface area contributed by atoms with Gasteiger partial charge in [-0.2, -0.15) is 13.2 Å². The summed E-state index contributed by atoms with van der Waals surface area (Å²) in [4.78, 5) is 29.0. The molecule has 0 N–H and O–H groups in total. The van der Waals surface area contributed by atoms with Crippen LogP contribution in [0.3, 0.4) is 0 Å². The molecule has 0 saturated carbocycles. The summed E-state index contributed by atoms with van der Waals surface area (Å²) < 4.78 is 55.8. The van der Waals surface area contributed by atoms with Crippen molar-refractivity contribution >= 4 is 23.0 Å². The van der Waals surface area contributed by atoms with Crippen LogP contribution in [0, 0.1) is 0 Å². The predicted molar refractivity (Wildman–Crippen MR) is 108 cm³/mol. The highest BCUT2D eigenvalue weighted by Crippen LogP contribution is 2.33. The van der Waals surface area contributed by atoms with E-state index in [4.69, 9.17) is 9.47 Å². The Morgan fingerprint density at radius 3 is 2.69 bits per heavy atom. The van der Waals surface area contributed by atoms with Crippen molar-refractivity contribution in [1.82, 2.24) is 4.57 Å². The van der Waals surface area contributed by atoms with Gasteiger partial charge in [0.15, 0.2) is 16.3 Å². The van der Waals surface area contributed by atoms with Gasteiger partial charge in [-0.15, -0.1) is 0 Å². The fraction of sp³-hybridized carbons (Fsp3) is 0.190. The molecule has 0 fully saturated rings. The molecule has 0 radical (unpaired) electrons. The molecule has 1 aliphatic rings. The van der Waals surface area contributed by atoms with Gasteiger partial charge >= 0.3 is 12.1 Å². The van der Waals surface area contributed by atoms with Crippen LogP contribution in [0.4, 0.5) is 18.9 Å². The lowest BCUT2D eigenvalue weighted by Crippen LogP contribution is -2.33. The topological polar surface area (TPSA) is 79.1 Å². The van der Waals surface area contributed by atoms with E-state index >= 15 is 0 Å². The Bertz CT molecular complexity index is 1310. The minimum atomic E-state index is -4.55. The van der Waals surface area contributed by atoms with Crippen molar-refractivity contribution < 1.29 is 32.2 Å². The minimum absolute atomic E-state index is 0.0167. The van der Waals surface area contributed by atoms with Crippen LogP contribution >= 0.6 is 11.3 Å². The van der Waals surface area contributed by atoms with Gasteiger partial charge in [-0.3, -0.25) is 9.36 Å². The summed E-state index contributed by atoms with van der Waals surface area (Å²) in [7, 11) is 1.16. The molecule has 11 heteroatoms. The van der Waals surface area contributed by atoms with Crippen LogP contribution in [0.25, 0.3) is 0 Å². The highest BCUT2D eigenvalue weighted by molar-refractivity contribution is 7.11. The number of nitrogens with zero attached hydrogens (tertiary/aromatic N) is 2. The van der Waals surface area contributed by atoms with E-state index < -0.39 is 23.3 Å². The molecule has 166 valence electrons. The van der Waals surface area contributed by atoms with Crippen molar-refractivity contribution in [3.8, 4) is 11.5 Å². The molecular formula is C21H15F3N2O5S. The maximum atomic E-state index is 13.1. The third-order valence-electron chi connectivity index (χ3n) is 4.52. The Morgan fingerprint density at radius 2 is 1.94 bits per heavy atom. The molecular weight excluding hydrogens is 449 g/mol. The van der Waals surface area contributed by atoms with Gasteiger partial charge in [-0.05, 0) is 35.9 Å². The molecule has 2 aromatic carbocycles. The first-order chi connectivity index (χ1) is 15.2. The van der Waals surface area contributed by atoms with E-state index in [0.29, 0.717) is 17.1 Å². The molecule has 0 aliphatic carbocycles. The Balaban J connectivity index is 1.84. The van der Waals surface area contributed by atoms with Crippen LogP contribution in [0.1, 0.15) is 20.8 Å². The summed E-state index contributed by atoms with van der Waals surface area (Å²) in [5.74, 6) is 0.336. The van der Waals surface area contributed by atoms with E-state index in [1.165, 1.54) is 16.7 Å². The van der Waals surface area contributed by atoms with Crippen LogP contribution < -0.4 is 19.8 Å². The van der Waals surface area contributed by atoms with E-state index in [1.807, 2.05) is 0 Å². The molecule has 2 heterocycles. The molecule has 4 rings (SSSR count). The number of rotatable bonds is 4. The SMILES string of the molecule is COC(=O)c1cc(=O)n(Cc2ccc3c(c2)OCO3)c(=Nc2cccc(C(F)(F)F)c2)s1. The highest BCUT2D eigenvalue weighted by atomic mass is 32.1. The summed E-state index contributed by atoms with van der Waals surface area (Å²) in [6, 6.07) is 10.6. The van der Waals surface area contributed by atoms with Crippen molar-refractivity contribution in [1.29, 1.82) is 0 Å². The lowest BCUT2D eigenvalue weighted by molar-refractivity contribution is -0.137. The Kier molecular flexibility index (Phi) is 5.74. The number of alkyl halides is 3. The van der Waals surface area contributed by atoms with Gasteiger partial charge in [0.05, 0.1) is 24.9 Å². The number of aromatic nitrogens is 1. The zero-order valence-electron chi connectivity index (χ0n) is 16.5. The molecule has 0 atom stereocenters. The summed E-state index contributed by atoms with van der Waals surface area (Å²) in [5, 5.41) is 0.